The first kappa shape index (κ1) is 22.1. The van der Waals surface area contributed by atoms with Gasteiger partial charge in [0.05, 0.1) is 23.6 Å². The van der Waals surface area contributed by atoms with Crippen LogP contribution in [0.5, 0.6) is 0 Å². The number of halogens is 1. The summed E-state index contributed by atoms with van der Waals surface area (Å²) < 4.78 is 11.7. The predicted molar refractivity (Wildman–Crippen MR) is 126 cm³/mol. The van der Waals surface area contributed by atoms with Crippen molar-refractivity contribution in [3.05, 3.63) is 86.9 Å². The highest BCUT2D eigenvalue weighted by Gasteiger charge is 2.35. The lowest BCUT2D eigenvalue weighted by Gasteiger charge is -2.13. The van der Waals surface area contributed by atoms with E-state index in [9.17, 15) is 14.4 Å². The van der Waals surface area contributed by atoms with Gasteiger partial charge in [0, 0.05) is 16.1 Å². The van der Waals surface area contributed by atoms with Gasteiger partial charge in [0.2, 0.25) is 0 Å². The molecule has 8 heteroatoms. The molecular weight excluding hydrogens is 494 g/mol. The van der Waals surface area contributed by atoms with Crippen molar-refractivity contribution >= 4 is 50.9 Å². The van der Waals surface area contributed by atoms with Gasteiger partial charge < -0.3 is 9.15 Å². The van der Waals surface area contributed by atoms with Crippen LogP contribution >= 0.6 is 27.7 Å². The number of ether oxygens (including phenoxy) is 1. The maximum Gasteiger partial charge on any atom is 0.338 e. The first-order valence-corrected chi connectivity index (χ1v) is 11.4. The number of thioether (sulfide) groups is 1. The fourth-order valence-electron chi connectivity index (χ4n) is 3.16. The molecule has 1 aliphatic heterocycles. The molecule has 162 valence electrons. The molecule has 1 aliphatic rings. The average molecular weight is 512 g/mol. The topological polar surface area (TPSA) is 76.8 Å². The van der Waals surface area contributed by atoms with Gasteiger partial charge in [0.25, 0.3) is 11.1 Å². The molecular formula is C24H18BrNO5S. The first-order chi connectivity index (χ1) is 15.5. The number of furan rings is 1. The minimum atomic E-state index is -0.403. The number of hydrogen-bond donors (Lipinski definition) is 0. The predicted octanol–water partition coefficient (Wildman–Crippen LogP) is 6.12. The van der Waals surface area contributed by atoms with E-state index in [0.717, 1.165) is 21.8 Å². The van der Waals surface area contributed by atoms with Crippen molar-refractivity contribution in [2.75, 3.05) is 6.61 Å². The van der Waals surface area contributed by atoms with Crippen molar-refractivity contribution in [1.29, 1.82) is 0 Å². The third-order valence-electron chi connectivity index (χ3n) is 4.72. The molecule has 2 heterocycles. The lowest BCUT2D eigenvalue weighted by molar-refractivity contribution is -0.123. The second-order valence-corrected chi connectivity index (χ2v) is 8.71. The first-order valence-electron chi connectivity index (χ1n) is 9.82. The Kier molecular flexibility index (Phi) is 6.62. The number of nitrogens with zero attached hydrogens (tertiary/aromatic N) is 1. The normalized spacial score (nSPS) is 14.9. The fraction of sp³-hybridized carbons (Fsp3) is 0.125. The Morgan fingerprint density at radius 3 is 2.72 bits per heavy atom. The van der Waals surface area contributed by atoms with Crippen LogP contribution in [0.1, 0.15) is 28.6 Å². The van der Waals surface area contributed by atoms with Crippen LogP contribution in [0.3, 0.4) is 0 Å². The summed E-state index contributed by atoms with van der Waals surface area (Å²) in [6.45, 7) is 2.23. The Bertz CT molecular complexity index is 1230. The van der Waals surface area contributed by atoms with Gasteiger partial charge in [0.1, 0.15) is 11.5 Å². The van der Waals surface area contributed by atoms with Crippen LogP contribution in [0.4, 0.5) is 4.79 Å². The van der Waals surface area contributed by atoms with Gasteiger partial charge in [-0.3, -0.25) is 14.5 Å². The maximum atomic E-state index is 12.8. The summed E-state index contributed by atoms with van der Waals surface area (Å²) in [6, 6.07) is 17.8. The van der Waals surface area contributed by atoms with Crippen LogP contribution in [0, 0.1) is 0 Å². The lowest BCUT2D eigenvalue weighted by atomic mass is 10.1. The fourth-order valence-corrected chi connectivity index (χ4v) is 4.39. The summed E-state index contributed by atoms with van der Waals surface area (Å²) in [5.74, 6) is 0.209. The number of amides is 2. The van der Waals surface area contributed by atoms with Gasteiger partial charge in [-0.25, -0.2) is 4.79 Å². The lowest BCUT2D eigenvalue weighted by Crippen LogP contribution is -2.27. The van der Waals surface area contributed by atoms with E-state index in [1.165, 1.54) is 4.90 Å². The van der Waals surface area contributed by atoms with Crippen LogP contribution in [0.2, 0.25) is 0 Å². The van der Waals surface area contributed by atoms with Gasteiger partial charge in [-0.1, -0.05) is 46.3 Å². The van der Waals surface area contributed by atoms with E-state index >= 15 is 0 Å². The quantitative estimate of drug-likeness (QED) is 0.293. The largest absolute Gasteiger partial charge is 0.462 e. The second kappa shape index (κ2) is 9.58. The Labute approximate surface area is 197 Å². The van der Waals surface area contributed by atoms with Gasteiger partial charge in [-0.05, 0) is 54.6 Å². The van der Waals surface area contributed by atoms with Gasteiger partial charge in [0.15, 0.2) is 0 Å². The van der Waals surface area contributed by atoms with E-state index in [1.807, 2.05) is 30.3 Å². The van der Waals surface area contributed by atoms with Gasteiger partial charge in [-0.15, -0.1) is 0 Å². The Morgan fingerprint density at radius 1 is 1.12 bits per heavy atom. The third-order valence-corrected chi connectivity index (χ3v) is 6.40. The number of esters is 1. The molecule has 0 aliphatic carbocycles. The molecule has 1 saturated heterocycles. The minimum absolute atomic E-state index is 0.188. The zero-order chi connectivity index (χ0) is 22.7. The van der Waals surface area contributed by atoms with E-state index in [-0.39, 0.29) is 17.7 Å². The molecule has 1 fully saturated rings. The van der Waals surface area contributed by atoms with E-state index < -0.39 is 5.97 Å². The van der Waals surface area contributed by atoms with Gasteiger partial charge in [-0.2, -0.15) is 0 Å². The van der Waals surface area contributed by atoms with Crippen molar-refractivity contribution in [3.63, 3.8) is 0 Å². The molecule has 4 rings (SSSR count). The molecule has 0 N–H and O–H groups in total. The van der Waals surface area contributed by atoms with Crippen molar-refractivity contribution < 1.29 is 23.5 Å². The summed E-state index contributed by atoms with van der Waals surface area (Å²) in [7, 11) is 0. The molecule has 0 saturated carbocycles. The highest BCUT2D eigenvalue weighted by molar-refractivity contribution is 9.10. The van der Waals surface area contributed by atoms with Crippen molar-refractivity contribution in [3.8, 4) is 11.3 Å². The number of carbonyl (C=O) groups excluding carboxylic acids is 3. The smallest absolute Gasteiger partial charge is 0.338 e. The third kappa shape index (κ3) is 4.71. The van der Waals surface area contributed by atoms with Crippen molar-refractivity contribution in [1.82, 2.24) is 4.90 Å². The van der Waals surface area contributed by atoms with E-state index in [2.05, 4.69) is 15.9 Å². The summed E-state index contributed by atoms with van der Waals surface area (Å²) in [5, 5.41) is -0.328. The number of benzene rings is 2. The molecule has 6 nitrogen and oxygen atoms in total. The Balaban J connectivity index is 1.53. The monoisotopic (exact) mass is 511 g/mol. The Hall–Kier alpha value is -3.10. The van der Waals surface area contributed by atoms with E-state index in [1.54, 1.807) is 43.3 Å². The van der Waals surface area contributed by atoms with Crippen LogP contribution in [-0.4, -0.2) is 28.6 Å². The SMILES string of the molecule is CCOC(=O)c1cccc(-c2ccc(/C=C3\SC(=O)N(Cc4ccccc4Br)C3=O)o2)c1. The molecule has 2 aromatic carbocycles. The zero-order valence-electron chi connectivity index (χ0n) is 17.0. The highest BCUT2D eigenvalue weighted by atomic mass is 79.9. The maximum absolute atomic E-state index is 12.8. The zero-order valence-corrected chi connectivity index (χ0v) is 19.4. The average Bonchev–Trinajstić information content (AvgIpc) is 3.36. The molecule has 32 heavy (non-hydrogen) atoms. The molecule has 0 spiro atoms. The van der Waals surface area contributed by atoms with E-state index in [0.29, 0.717) is 34.2 Å². The van der Waals surface area contributed by atoms with Crippen LogP contribution in [-0.2, 0) is 16.1 Å². The van der Waals surface area contributed by atoms with Crippen molar-refractivity contribution in [2.45, 2.75) is 13.5 Å². The second-order valence-electron chi connectivity index (χ2n) is 6.86. The number of carbonyl (C=O) groups is 3. The van der Waals surface area contributed by atoms with Crippen LogP contribution < -0.4 is 0 Å². The van der Waals surface area contributed by atoms with E-state index in [4.69, 9.17) is 9.15 Å². The number of imide groups is 1. The van der Waals surface area contributed by atoms with Crippen molar-refractivity contribution in [2.24, 2.45) is 0 Å². The summed E-state index contributed by atoms with van der Waals surface area (Å²) in [4.78, 5) is 38.7. The molecule has 2 amide bonds. The molecule has 3 aromatic rings. The summed E-state index contributed by atoms with van der Waals surface area (Å²) >= 11 is 4.33. The molecule has 0 unspecified atom stereocenters. The van der Waals surface area contributed by atoms with Gasteiger partial charge >= 0.3 is 5.97 Å². The molecule has 0 bridgehead atoms. The molecule has 0 radical (unpaired) electrons. The number of hydrogen-bond acceptors (Lipinski definition) is 6. The summed E-state index contributed by atoms with van der Waals surface area (Å²) in [6.07, 6.45) is 1.56. The standard InChI is InChI=1S/C24H18BrNO5S/c1-2-30-23(28)16-8-5-7-15(12-16)20-11-10-18(31-20)13-21-22(27)26(24(29)32-21)14-17-6-3-4-9-19(17)25/h3-13H,2,14H2,1H3/b21-13-. The summed E-state index contributed by atoms with van der Waals surface area (Å²) in [5.41, 5.74) is 1.98. The number of rotatable bonds is 6. The minimum Gasteiger partial charge on any atom is -0.462 e. The van der Waals surface area contributed by atoms with Crippen LogP contribution in [0.25, 0.3) is 17.4 Å². The Morgan fingerprint density at radius 2 is 1.94 bits per heavy atom. The molecule has 0 atom stereocenters. The van der Waals surface area contributed by atoms with Crippen LogP contribution in [0.15, 0.2) is 74.5 Å². The highest BCUT2D eigenvalue weighted by Crippen LogP contribution is 2.35. The molecule has 1 aromatic heterocycles.